The summed E-state index contributed by atoms with van der Waals surface area (Å²) in [5.41, 5.74) is 1.27. The monoisotopic (exact) mass is 522 g/mol. The Hall–Kier alpha value is -3.36. The largest absolute Gasteiger partial charge is 0.507 e. The summed E-state index contributed by atoms with van der Waals surface area (Å²) in [6.07, 6.45) is 1.58. The smallest absolute Gasteiger partial charge is 0.295 e. The number of aliphatic hydroxyl groups excluding tert-OH is 1. The summed E-state index contributed by atoms with van der Waals surface area (Å²) in [6.45, 7) is 10.8. The molecule has 2 aromatic carbocycles. The van der Waals surface area contributed by atoms with E-state index < -0.39 is 17.7 Å². The topological polar surface area (TPSA) is 88.5 Å². The highest BCUT2D eigenvalue weighted by atomic mass is 16.5. The van der Waals surface area contributed by atoms with Crippen LogP contribution in [0.4, 0.5) is 0 Å². The molecule has 1 N–H and O–H groups in total. The van der Waals surface area contributed by atoms with Crippen LogP contribution >= 0.6 is 0 Å². The van der Waals surface area contributed by atoms with Gasteiger partial charge in [-0.1, -0.05) is 19.1 Å². The Morgan fingerprint density at radius 1 is 1.05 bits per heavy atom. The third-order valence-corrected chi connectivity index (χ3v) is 6.66. The molecule has 38 heavy (non-hydrogen) atoms. The van der Waals surface area contributed by atoms with Gasteiger partial charge in [0.2, 0.25) is 0 Å². The number of rotatable bonds is 11. The van der Waals surface area contributed by atoms with Crippen molar-refractivity contribution in [1.29, 1.82) is 0 Å². The van der Waals surface area contributed by atoms with Crippen molar-refractivity contribution >= 4 is 17.4 Å². The fourth-order valence-corrected chi connectivity index (χ4v) is 4.86. The lowest BCUT2D eigenvalue weighted by atomic mass is 9.95. The molecule has 1 amide bonds. The molecule has 0 bridgehead atoms. The van der Waals surface area contributed by atoms with E-state index in [9.17, 15) is 14.7 Å². The molecule has 4 rings (SSSR count). The molecule has 8 heteroatoms. The summed E-state index contributed by atoms with van der Waals surface area (Å²) >= 11 is 0. The van der Waals surface area contributed by atoms with Crippen molar-refractivity contribution in [3.63, 3.8) is 0 Å². The SMILES string of the molecule is CCCOc1cccc([C@H]2C(=C(O)c3ccc(OC(C)C)cc3)C(=O)C(=O)N2CCCN2CCOCC2)c1. The zero-order valence-electron chi connectivity index (χ0n) is 22.5. The van der Waals surface area contributed by atoms with Gasteiger partial charge in [0, 0.05) is 31.7 Å². The van der Waals surface area contributed by atoms with Gasteiger partial charge in [0.05, 0.1) is 37.5 Å². The number of carbonyl (C=O) groups excluding carboxylic acids is 2. The molecule has 2 heterocycles. The molecule has 1 atom stereocenters. The van der Waals surface area contributed by atoms with E-state index in [1.165, 1.54) is 0 Å². The number of nitrogens with zero attached hydrogens (tertiary/aromatic N) is 2. The number of likely N-dealkylation sites (tertiary alicyclic amines) is 1. The maximum Gasteiger partial charge on any atom is 0.295 e. The van der Waals surface area contributed by atoms with Crippen LogP contribution in [0.15, 0.2) is 54.1 Å². The Morgan fingerprint density at radius 2 is 1.79 bits per heavy atom. The lowest BCUT2D eigenvalue weighted by Crippen LogP contribution is -2.38. The summed E-state index contributed by atoms with van der Waals surface area (Å²) < 4.78 is 17.0. The highest BCUT2D eigenvalue weighted by Crippen LogP contribution is 2.40. The highest BCUT2D eigenvalue weighted by Gasteiger charge is 2.46. The first kappa shape index (κ1) is 27.7. The number of benzene rings is 2. The van der Waals surface area contributed by atoms with E-state index in [-0.39, 0.29) is 17.4 Å². The molecule has 0 aliphatic carbocycles. The van der Waals surface area contributed by atoms with Crippen LogP contribution in [0, 0.1) is 0 Å². The van der Waals surface area contributed by atoms with Crippen molar-refractivity contribution in [2.75, 3.05) is 46.0 Å². The summed E-state index contributed by atoms with van der Waals surface area (Å²) in [5.74, 6) is -0.143. The maximum absolute atomic E-state index is 13.4. The summed E-state index contributed by atoms with van der Waals surface area (Å²) in [5, 5.41) is 11.4. The molecule has 2 aliphatic rings. The first-order chi connectivity index (χ1) is 18.4. The number of hydrogen-bond acceptors (Lipinski definition) is 7. The van der Waals surface area contributed by atoms with Crippen LogP contribution in [0.3, 0.4) is 0 Å². The molecule has 0 spiro atoms. The van der Waals surface area contributed by atoms with Gasteiger partial charge in [0.25, 0.3) is 11.7 Å². The van der Waals surface area contributed by atoms with Gasteiger partial charge in [-0.15, -0.1) is 0 Å². The van der Waals surface area contributed by atoms with Crippen LogP contribution in [-0.2, 0) is 14.3 Å². The van der Waals surface area contributed by atoms with Gasteiger partial charge in [0.15, 0.2) is 0 Å². The molecule has 204 valence electrons. The third-order valence-electron chi connectivity index (χ3n) is 6.66. The number of ketones is 1. The molecule has 0 aromatic heterocycles. The van der Waals surface area contributed by atoms with Gasteiger partial charge < -0.3 is 24.2 Å². The molecule has 2 aliphatic heterocycles. The number of morpholine rings is 1. The number of aliphatic hydroxyl groups is 1. The van der Waals surface area contributed by atoms with E-state index in [1.54, 1.807) is 29.2 Å². The van der Waals surface area contributed by atoms with Crippen molar-refractivity contribution in [2.24, 2.45) is 0 Å². The summed E-state index contributed by atoms with van der Waals surface area (Å²) in [7, 11) is 0. The predicted octanol–water partition coefficient (Wildman–Crippen LogP) is 4.41. The zero-order chi connectivity index (χ0) is 27.1. The van der Waals surface area contributed by atoms with Gasteiger partial charge in [0.1, 0.15) is 17.3 Å². The van der Waals surface area contributed by atoms with E-state index in [1.807, 2.05) is 45.0 Å². The lowest BCUT2D eigenvalue weighted by molar-refractivity contribution is -0.140. The van der Waals surface area contributed by atoms with E-state index in [4.69, 9.17) is 14.2 Å². The van der Waals surface area contributed by atoms with E-state index in [0.717, 1.165) is 31.6 Å². The Balaban J connectivity index is 1.66. The Morgan fingerprint density at radius 3 is 2.47 bits per heavy atom. The van der Waals surface area contributed by atoms with Crippen LogP contribution in [0.1, 0.15) is 50.8 Å². The van der Waals surface area contributed by atoms with Crippen LogP contribution in [0.2, 0.25) is 0 Å². The number of hydrogen-bond donors (Lipinski definition) is 1. The molecular formula is C30H38N2O6. The zero-order valence-corrected chi connectivity index (χ0v) is 22.5. The van der Waals surface area contributed by atoms with Gasteiger partial charge in [-0.05, 0) is 68.7 Å². The van der Waals surface area contributed by atoms with Gasteiger partial charge >= 0.3 is 0 Å². The fraction of sp³-hybridized carbons (Fsp3) is 0.467. The first-order valence-electron chi connectivity index (χ1n) is 13.5. The van der Waals surface area contributed by atoms with Gasteiger partial charge in [-0.2, -0.15) is 0 Å². The lowest BCUT2D eigenvalue weighted by Gasteiger charge is -2.29. The summed E-state index contributed by atoms with van der Waals surface area (Å²) in [4.78, 5) is 30.5. The van der Waals surface area contributed by atoms with Crippen LogP contribution < -0.4 is 9.47 Å². The second-order valence-electron chi connectivity index (χ2n) is 9.91. The Labute approximate surface area is 224 Å². The van der Waals surface area contributed by atoms with Crippen LogP contribution in [-0.4, -0.2) is 78.7 Å². The minimum absolute atomic E-state index is 0.0134. The van der Waals surface area contributed by atoms with Crippen molar-refractivity contribution < 1.29 is 28.9 Å². The second-order valence-corrected chi connectivity index (χ2v) is 9.91. The molecule has 2 fully saturated rings. The van der Waals surface area contributed by atoms with Gasteiger partial charge in [-0.25, -0.2) is 0 Å². The van der Waals surface area contributed by atoms with E-state index >= 15 is 0 Å². The number of ether oxygens (including phenoxy) is 3. The normalized spacial score (nSPS) is 19.8. The standard InChI is InChI=1S/C30H38N2O6/c1-4-17-37-25-8-5-7-23(20-25)27-26(28(33)22-9-11-24(12-10-22)38-21(2)3)29(34)30(35)32(27)14-6-13-31-15-18-36-19-16-31/h5,7-12,20-21,27,33H,4,6,13-19H2,1-3H3/t27-/m0/s1. The van der Waals surface area contributed by atoms with Crippen LogP contribution in [0.25, 0.3) is 5.76 Å². The van der Waals surface area contributed by atoms with Crippen molar-refractivity contribution in [3.05, 3.63) is 65.2 Å². The predicted molar refractivity (Wildman–Crippen MR) is 145 cm³/mol. The highest BCUT2D eigenvalue weighted by molar-refractivity contribution is 6.46. The minimum Gasteiger partial charge on any atom is -0.507 e. The quantitative estimate of drug-likeness (QED) is 0.266. The third kappa shape index (κ3) is 6.55. The van der Waals surface area contributed by atoms with Crippen molar-refractivity contribution in [3.8, 4) is 11.5 Å². The average molecular weight is 523 g/mol. The molecule has 0 unspecified atom stereocenters. The van der Waals surface area contributed by atoms with Crippen LogP contribution in [0.5, 0.6) is 11.5 Å². The molecule has 0 radical (unpaired) electrons. The molecule has 0 saturated carbocycles. The Bertz CT molecular complexity index is 1140. The van der Waals surface area contributed by atoms with Crippen molar-refractivity contribution in [2.45, 2.75) is 45.8 Å². The maximum atomic E-state index is 13.4. The van der Waals surface area contributed by atoms with E-state index in [0.29, 0.717) is 49.8 Å². The number of carbonyl (C=O) groups is 2. The van der Waals surface area contributed by atoms with Crippen molar-refractivity contribution in [1.82, 2.24) is 9.80 Å². The second kappa shape index (κ2) is 12.9. The fourth-order valence-electron chi connectivity index (χ4n) is 4.86. The summed E-state index contributed by atoms with van der Waals surface area (Å²) in [6, 6.07) is 13.6. The number of amides is 1. The molecular weight excluding hydrogens is 484 g/mol. The Kier molecular flexibility index (Phi) is 9.42. The van der Waals surface area contributed by atoms with E-state index in [2.05, 4.69) is 4.90 Å². The molecule has 2 saturated heterocycles. The minimum atomic E-state index is -0.712. The number of Topliss-reactive ketones (excluding diaryl/α,β-unsaturated/α-hetero) is 1. The average Bonchev–Trinajstić information content (AvgIpc) is 3.17. The molecule has 2 aromatic rings. The van der Waals surface area contributed by atoms with Gasteiger partial charge in [-0.3, -0.25) is 14.5 Å². The molecule has 8 nitrogen and oxygen atoms in total. The first-order valence-corrected chi connectivity index (χ1v) is 13.5.